The lowest BCUT2D eigenvalue weighted by atomic mass is 10.1. The standard InChI is InChI=1S/C16H30N2O3/c1-13(2)18(3)11-15(19)17-10-14-12-20-16(21-14)8-6-4-5-7-9-16/h13-14H,4-12H2,1-3H3,(H,17,19)/t14-/m1/s1. The minimum Gasteiger partial charge on any atom is -0.352 e. The third kappa shape index (κ3) is 4.94. The molecule has 0 radical (unpaired) electrons. The lowest BCUT2D eigenvalue weighted by molar-refractivity contribution is -0.175. The number of ether oxygens (including phenoxy) is 2. The first-order valence-electron chi connectivity index (χ1n) is 8.29. The molecule has 1 N–H and O–H groups in total. The number of hydrogen-bond acceptors (Lipinski definition) is 4. The average molecular weight is 298 g/mol. The van der Waals surface area contributed by atoms with Crippen molar-refractivity contribution in [3.8, 4) is 0 Å². The Hall–Kier alpha value is -0.650. The van der Waals surface area contributed by atoms with Gasteiger partial charge in [0.1, 0.15) is 6.10 Å². The van der Waals surface area contributed by atoms with Gasteiger partial charge < -0.3 is 14.8 Å². The monoisotopic (exact) mass is 298 g/mol. The van der Waals surface area contributed by atoms with Crippen molar-refractivity contribution in [3.63, 3.8) is 0 Å². The Kier molecular flexibility index (Phi) is 6.02. The Balaban J connectivity index is 1.71. The summed E-state index contributed by atoms with van der Waals surface area (Å²) in [6.07, 6.45) is 6.89. The summed E-state index contributed by atoms with van der Waals surface area (Å²) in [4.78, 5) is 13.9. The fourth-order valence-electron chi connectivity index (χ4n) is 2.94. The lowest BCUT2D eigenvalue weighted by Gasteiger charge is -2.26. The SMILES string of the molecule is CC(C)N(C)CC(=O)NC[C@@H]1COC2(CCCCCC2)O1. The van der Waals surface area contributed by atoms with E-state index in [-0.39, 0.29) is 17.8 Å². The molecule has 0 aromatic rings. The smallest absolute Gasteiger partial charge is 0.234 e. The minimum atomic E-state index is -0.360. The van der Waals surface area contributed by atoms with Crippen LogP contribution in [-0.2, 0) is 14.3 Å². The third-order valence-corrected chi connectivity index (χ3v) is 4.58. The number of nitrogens with zero attached hydrogens (tertiary/aromatic N) is 1. The second-order valence-corrected chi connectivity index (χ2v) is 6.69. The van der Waals surface area contributed by atoms with Gasteiger partial charge in [-0.25, -0.2) is 0 Å². The van der Waals surface area contributed by atoms with Crippen molar-refractivity contribution < 1.29 is 14.3 Å². The first-order chi connectivity index (χ1) is 10.0. The van der Waals surface area contributed by atoms with Crippen LogP contribution >= 0.6 is 0 Å². The predicted molar refractivity (Wildman–Crippen MR) is 82.0 cm³/mol. The zero-order chi connectivity index (χ0) is 15.3. The Morgan fingerprint density at radius 3 is 2.57 bits per heavy atom. The highest BCUT2D eigenvalue weighted by molar-refractivity contribution is 5.78. The molecule has 1 aliphatic carbocycles. The molecule has 2 rings (SSSR count). The summed E-state index contributed by atoms with van der Waals surface area (Å²) in [6, 6.07) is 0.371. The maximum Gasteiger partial charge on any atom is 0.234 e. The first-order valence-corrected chi connectivity index (χ1v) is 8.29. The molecule has 1 spiro atoms. The van der Waals surface area contributed by atoms with Crippen LogP contribution in [0, 0.1) is 0 Å². The van der Waals surface area contributed by atoms with Gasteiger partial charge in [-0.05, 0) is 33.7 Å². The van der Waals surface area contributed by atoms with Crippen LogP contribution in [0.2, 0.25) is 0 Å². The van der Waals surface area contributed by atoms with E-state index in [0.29, 0.717) is 25.7 Å². The molecule has 1 atom stereocenters. The van der Waals surface area contributed by atoms with Gasteiger partial charge in [0.05, 0.1) is 13.2 Å². The highest BCUT2D eigenvalue weighted by Gasteiger charge is 2.41. The van der Waals surface area contributed by atoms with Crippen molar-refractivity contribution in [2.75, 3.05) is 26.7 Å². The van der Waals surface area contributed by atoms with Crippen molar-refractivity contribution in [2.24, 2.45) is 0 Å². The first kappa shape index (κ1) is 16.7. The molecule has 1 saturated heterocycles. The van der Waals surface area contributed by atoms with E-state index in [0.717, 1.165) is 12.8 Å². The van der Waals surface area contributed by atoms with Crippen molar-refractivity contribution >= 4 is 5.91 Å². The second kappa shape index (κ2) is 7.56. The number of carbonyl (C=O) groups is 1. The highest BCUT2D eigenvalue weighted by Crippen LogP contribution is 2.36. The number of rotatable bonds is 5. The van der Waals surface area contributed by atoms with E-state index < -0.39 is 0 Å². The topological polar surface area (TPSA) is 50.8 Å². The van der Waals surface area contributed by atoms with Crippen LogP contribution in [0.4, 0.5) is 0 Å². The maximum absolute atomic E-state index is 11.9. The van der Waals surface area contributed by atoms with Gasteiger partial charge in [0.15, 0.2) is 5.79 Å². The summed E-state index contributed by atoms with van der Waals surface area (Å²) in [5, 5.41) is 2.96. The van der Waals surface area contributed by atoms with E-state index in [1.54, 1.807) is 0 Å². The second-order valence-electron chi connectivity index (χ2n) is 6.69. The van der Waals surface area contributed by atoms with Gasteiger partial charge in [-0.3, -0.25) is 9.69 Å². The average Bonchev–Trinajstić information content (AvgIpc) is 2.68. The van der Waals surface area contributed by atoms with Crippen LogP contribution < -0.4 is 5.32 Å². The quantitative estimate of drug-likeness (QED) is 0.842. The Morgan fingerprint density at radius 2 is 1.95 bits per heavy atom. The molecule has 0 bridgehead atoms. The molecule has 2 aliphatic rings. The summed E-state index contributed by atoms with van der Waals surface area (Å²) in [5.41, 5.74) is 0. The predicted octanol–water partition coefficient (Wildman–Crippen LogP) is 1.91. The fourth-order valence-corrected chi connectivity index (χ4v) is 2.94. The number of amides is 1. The van der Waals surface area contributed by atoms with Gasteiger partial charge in [0, 0.05) is 25.4 Å². The normalized spacial score (nSPS) is 25.5. The van der Waals surface area contributed by atoms with Gasteiger partial charge in [-0.1, -0.05) is 12.8 Å². The van der Waals surface area contributed by atoms with E-state index in [1.165, 1.54) is 25.7 Å². The van der Waals surface area contributed by atoms with Crippen molar-refractivity contribution in [2.45, 2.75) is 70.3 Å². The molecule has 0 unspecified atom stereocenters. The fraction of sp³-hybridized carbons (Fsp3) is 0.938. The molecule has 122 valence electrons. The van der Waals surface area contributed by atoms with Crippen LogP contribution in [0.25, 0.3) is 0 Å². The van der Waals surface area contributed by atoms with Gasteiger partial charge in [-0.15, -0.1) is 0 Å². The third-order valence-electron chi connectivity index (χ3n) is 4.58. The van der Waals surface area contributed by atoms with Crippen LogP contribution in [0.3, 0.4) is 0 Å². The zero-order valence-electron chi connectivity index (χ0n) is 13.7. The van der Waals surface area contributed by atoms with E-state index in [4.69, 9.17) is 9.47 Å². The minimum absolute atomic E-state index is 0.00333. The van der Waals surface area contributed by atoms with E-state index in [9.17, 15) is 4.79 Å². The molecule has 1 heterocycles. The zero-order valence-corrected chi connectivity index (χ0v) is 13.7. The molecule has 2 fully saturated rings. The van der Waals surface area contributed by atoms with Crippen LogP contribution in [-0.4, -0.2) is 55.5 Å². The molecular formula is C16H30N2O3. The number of nitrogens with one attached hydrogen (secondary N) is 1. The summed E-state index contributed by atoms with van der Waals surface area (Å²) in [6.45, 7) is 5.73. The molecule has 0 aromatic carbocycles. The maximum atomic E-state index is 11.9. The van der Waals surface area contributed by atoms with E-state index in [2.05, 4.69) is 19.2 Å². The highest BCUT2D eigenvalue weighted by atomic mass is 16.7. The molecular weight excluding hydrogens is 268 g/mol. The molecule has 5 heteroatoms. The van der Waals surface area contributed by atoms with Gasteiger partial charge in [0.2, 0.25) is 5.91 Å². The number of hydrogen-bond donors (Lipinski definition) is 1. The Morgan fingerprint density at radius 1 is 1.29 bits per heavy atom. The van der Waals surface area contributed by atoms with Crippen molar-refractivity contribution in [3.05, 3.63) is 0 Å². The molecule has 1 aliphatic heterocycles. The van der Waals surface area contributed by atoms with E-state index >= 15 is 0 Å². The van der Waals surface area contributed by atoms with Gasteiger partial charge in [-0.2, -0.15) is 0 Å². The molecule has 1 amide bonds. The molecule has 21 heavy (non-hydrogen) atoms. The number of carbonyl (C=O) groups excluding carboxylic acids is 1. The van der Waals surface area contributed by atoms with Crippen LogP contribution in [0.1, 0.15) is 52.4 Å². The molecule has 0 aromatic heterocycles. The van der Waals surface area contributed by atoms with Crippen LogP contribution in [0.5, 0.6) is 0 Å². The van der Waals surface area contributed by atoms with Gasteiger partial charge >= 0.3 is 0 Å². The summed E-state index contributed by atoms with van der Waals surface area (Å²) in [7, 11) is 1.96. The lowest BCUT2D eigenvalue weighted by Crippen LogP contribution is -2.42. The molecule has 5 nitrogen and oxygen atoms in total. The van der Waals surface area contributed by atoms with Crippen LogP contribution in [0.15, 0.2) is 0 Å². The van der Waals surface area contributed by atoms with Crippen molar-refractivity contribution in [1.29, 1.82) is 0 Å². The Labute approximate surface area is 128 Å². The molecule has 1 saturated carbocycles. The summed E-state index contributed by atoms with van der Waals surface area (Å²) in [5.74, 6) is -0.308. The summed E-state index contributed by atoms with van der Waals surface area (Å²) >= 11 is 0. The Bertz CT molecular complexity index is 338. The summed E-state index contributed by atoms with van der Waals surface area (Å²) < 4.78 is 12.1. The van der Waals surface area contributed by atoms with Gasteiger partial charge in [0.25, 0.3) is 0 Å². The largest absolute Gasteiger partial charge is 0.352 e. The van der Waals surface area contributed by atoms with E-state index in [1.807, 2.05) is 11.9 Å². The van der Waals surface area contributed by atoms with Crippen molar-refractivity contribution in [1.82, 2.24) is 10.2 Å². The number of likely N-dealkylation sites (N-methyl/N-ethyl adjacent to an activating group) is 1.